The Morgan fingerprint density at radius 3 is 2.92 bits per heavy atom. The lowest BCUT2D eigenvalue weighted by Crippen LogP contribution is -2.41. The van der Waals surface area contributed by atoms with Crippen molar-refractivity contribution in [3.05, 3.63) is 36.2 Å². The van der Waals surface area contributed by atoms with E-state index in [-0.39, 0.29) is 11.9 Å². The number of imidazole rings is 1. The summed E-state index contributed by atoms with van der Waals surface area (Å²) in [6.07, 6.45) is 1.26. The fraction of sp³-hybridized carbons (Fsp3) is 0.533. The van der Waals surface area contributed by atoms with Gasteiger partial charge < -0.3 is 15.2 Å². The molecule has 0 aromatic carbocycles. The first-order valence-corrected chi connectivity index (χ1v) is 8.04. The Kier molecular flexibility index (Phi) is 4.95. The summed E-state index contributed by atoms with van der Waals surface area (Å²) in [6, 6.07) is 1.51. The highest BCUT2D eigenvalue weighted by atomic mass is 19.4. The number of aryl methyl sites for hydroxylation is 1. The van der Waals surface area contributed by atoms with E-state index < -0.39 is 11.9 Å². The number of carbonyl (C=O) groups excluding carboxylic acids is 1. The minimum absolute atomic E-state index is 0.0830. The zero-order valence-electron chi connectivity index (χ0n) is 13.5. The second-order valence-corrected chi connectivity index (χ2v) is 6.00. The van der Waals surface area contributed by atoms with Gasteiger partial charge in [0.15, 0.2) is 5.69 Å². The van der Waals surface area contributed by atoms with Gasteiger partial charge in [0.25, 0.3) is 0 Å². The number of urea groups is 1. The predicted molar refractivity (Wildman–Crippen MR) is 82.7 cm³/mol. The molecule has 2 aromatic rings. The molecule has 0 bridgehead atoms. The number of amides is 2. The molecule has 2 amide bonds. The topological polar surface area (TPSA) is 76.8 Å². The molecular weight excluding hydrogens is 337 g/mol. The number of aromatic nitrogens is 4. The van der Waals surface area contributed by atoms with E-state index in [1.165, 1.54) is 4.57 Å². The van der Waals surface area contributed by atoms with Crippen LogP contribution in [0.1, 0.15) is 17.9 Å². The molecule has 3 heterocycles. The van der Waals surface area contributed by atoms with Crippen molar-refractivity contribution in [2.75, 3.05) is 13.1 Å². The Morgan fingerprint density at radius 2 is 2.20 bits per heavy atom. The van der Waals surface area contributed by atoms with Gasteiger partial charge in [-0.25, -0.2) is 9.78 Å². The van der Waals surface area contributed by atoms with Crippen LogP contribution in [0.15, 0.2) is 24.7 Å². The van der Waals surface area contributed by atoms with Crippen LogP contribution < -0.4 is 10.6 Å². The van der Waals surface area contributed by atoms with Crippen molar-refractivity contribution in [2.45, 2.75) is 32.1 Å². The van der Waals surface area contributed by atoms with Crippen molar-refractivity contribution >= 4 is 6.03 Å². The molecule has 2 N–H and O–H groups in total. The Hall–Kier alpha value is -2.52. The number of halogens is 3. The SMILES string of the molecule is O=C(NCCn1cccn1)NCC1CCc2nc(C(F)(F)F)cn2C1. The summed E-state index contributed by atoms with van der Waals surface area (Å²) < 4.78 is 41.3. The molecule has 10 heteroatoms. The van der Waals surface area contributed by atoms with E-state index in [0.29, 0.717) is 44.8 Å². The van der Waals surface area contributed by atoms with Gasteiger partial charge in [-0.1, -0.05) is 0 Å². The number of rotatable bonds is 5. The van der Waals surface area contributed by atoms with Crippen molar-refractivity contribution in [3.8, 4) is 0 Å². The Bertz CT molecular complexity index is 709. The highest BCUT2D eigenvalue weighted by molar-refractivity contribution is 5.73. The van der Waals surface area contributed by atoms with Crippen molar-refractivity contribution in [2.24, 2.45) is 5.92 Å². The van der Waals surface area contributed by atoms with E-state index in [9.17, 15) is 18.0 Å². The maximum absolute atomic E-state index is 12.7. The van der Waals surface area contributed by atoms with Crippen molar-refractivity contribution < 1.29 is 18.0 Å². The first-order chi connectivity index (χ1) is 11.9. The number of alkyl halides is 3. The molecule has 0 fully saturated rings. The van der Waals surface area contributed by atoms with Crippen LogP contribution in [0.25, 0.3) is 0 Å². The maximum Gasteiger partial charge on any atom is 0.434 e. The van der Waals surface area contributed by atoms with Crippen LogP contribution in [0.2, 0.25) is 0 Å². The van der Waals surface area contributed by atoms with E-state index in [0.717, 1.165) is 6.20 Å². The van der Waals surface area contributed by atoms with Crippen LogP contribution in [0.4, 0.5) is 18.0 Å². The fourth-order valence-corrected chi connectivity index (χ4v) is 2.83. The van der Waals surface area contributed by atoms with Crippen LogP contribution in [0.5, 0.6) is 0 Å². The van der Waals surface area contributed by atoms with Crippen LogP contribution in [-0.2, 0) is 25.7 Å². The van der Waals surface area contributed by atoms with Gasteiger partial charge in [-0.3, -0.25) is 4.68 Å². The molecule has 1 aliphatic heterocycles. The summed E-state index contributed by atoms with van der Waals surface area (Å²) in [5.74, 6) is 0.534. The molecule has 3 rings (SSSR count). The number of hydrogen-bond acceptors (Lipinski definition) is 3. The van der Waals surface area contributed by atoms with Crippen LogP contribution in [0, 0.1) is 5.92 Å². The van der Waals surface area contributed by atoms with Gasteiger partial charge in [0.05, 0.1) is 6.54 Å². The van der Waals surface area contributed by atoms with Crippen LogP contribution in [-0.4, -0.2) is 38.5 Å². The van der Waals surface area contributed by atoms with Crippen molar-refractivity contribution in [1.29, 1.82) is 0 Å². The van der Waals surface area contributed by atoms with Gasteiger partial charge in [0.2, 0.25) is 0 Å². The molecule has 7 nitrogen and oxygen atoms in total. The third-order valence-corrected chi connectivity index (χ3v) is 4.12. The minimum atomic E-state index is -4.42. The molecule has 2 aromatic heterocycles. The Balaban J connectivity index is 1.42. The minimum Gasteiger partial charge on any atom is -0.338 e. The van der Waals surface area contributed by atoms with E-state index >= 15 is 0 Å². The lowest BCUT2D eigenvalue weighted by Gasteiger charge is -2.23. The van der Waals surface area contributed by atoms with Crippen molar-refractivity contribution in [1.82, 2.24) is 30.0 Å². The van der Waals surface area contributed by atoms with Crippen molar-refractivity contribution in [3.63, 3.8) is 0 Å². The standard InChI is InChI=1S/C15H19F3N6O/c16-15(17,18)12-10-23-9-11(2-3-13(23)22-12)8-20-14(25)19-5-7-24-6-1-4-21-24/h1,4,6,10-11H,2-3,5,7-9H2,(H2,19,20,25). The van der Waals surface area contributed by atoms with E-state index in [2.05, 4.69) is 20.7 Å². The van der Waals surface area contributed by atoms with Gasteiger partial charge in [-0.15, -0.1) is 0 Å². The first kappa shape index (κ1) is 17.3. The summed E-state index contributed by atoms with van der Waals surface area (Å²) in [5.41, 5.74) is -0.854. The number of nitrogens with one attached hydrogen (secondary N) is 2. The quantitative estimate of drug-likeness (QED) is 0.855. The van der Waals surface area contributed by atoms with Crippen LogP contribution in [0.3, 0.4) is 0 Å². The average molecular weight is 356 g/mol. The highest BCUT2D eigenvalue weighted by Crippen LogP contribution is 2.30. The first-order valence-electron chi connectivity index (χ1n) is 8.04. The molecule has 0 spiro atoms. The molecular formula is C15H19F3N6O. The third-order valence-electron chi connectivity index (χ3n) is 4.12. The number of nitrogens with zero attached hydrogens (tertiary/aromatic N) is 4. The molecule has 0 aliphatic carbocycles. The lowest BCUT2D eigenvalue weighted by molar-refractivity contribution is -0.141. The molecule has 1 atom stereocenters. The number of carbonyl (C=O) groups is 1. The van der Waals surface area contributed by atoms with E-state index in [1.54, 1.807) is 23.1 Å². The lowest BCUT2D eigenvalue weighted by atomic mass is 9.99. The summed E-state index contributed by atoms with van der Waals surface area (Å²) in [6.45, 7) is 1.85. The summed E-state index contributed by atoms with van der Waals surface area (Å²) >= 11 is 0. The van der Waals surface area contributed by atoms with Crippen LogP contribution >= 0.6 is 0 Å². The maximum atomic E-state index is 12.7. The second-order valence-electron chi connectivity index (χ2n) is 6.00. The number of fused-ring (bicyclic) bond motifs is 1. The largest absolute Gasteiger partial charge is 0.434 e. The molecule has 0 radical (unpaired) electrons. The van der Waals surface area contributed by atoms with Gasteiger partial charge in [0.1, 0.15) is 5.82 Å². The molecule has 0 saturated heterocycles. The Labute approximate surface area is 142 Å². The van der Waals surface area contributed by atoms with E-state index in [4.69, 9.17) is 0 Å². The second kappa shape index (κ2) is 7.16. The third kappa shape index (κ3) is 4.52. The average Bonchev–Trinajstić information content (AvgIpc) is 3.21. The predicted octanol–water partition coefficient (Wildman–Crippen LogP) is 1.66. The molecule has 1 unspecified atom stereocenters. The molecule has 0 saturated carbocycles. The number of hydrogen-bond donors (Lipinski definition) is 2. The smallest absolute Gasteiger partial charge is 0.338 e. The summed E-state index contributed by atoms with van der Waals surface area (Å²) in [7, 11) is 0. The molecule has 136 valence electrons. The van der Waals surface area contributed by atoms with Gasteiger partial charge in [-0.2, -0.15) is 18.3 Å². The normalized spacial score (nSPS) is 17.2. The highest BCUT2D eigenvalue weighted by Gasteiger charge is 2.35. The summed E-state index contributed by atoms with van der Waals surface area (Å²) in [5, 5.41) is 9.52. The fourth-order valence-electron chi connectivity index (χ4n) is 2.83. The zero-order chi connectivity index (χ0) is 17.9. The zero-order valence-corrected chi connectivity index (χ0v) is 13.5. The van der Waals surface area contributed by atoms with Gasteiger partial charge >= 0.3 is 12.2 Å². The van der Waals surface area contributed by atoms with E-state index in [1.807, 2.05) is 0 Å². The summed E-state index contributed by atoms with van der Waals surface area (Å²) in [4.78, 5) is 15.4. The van der Waals surface area contributed by atoms with Gasteiger partial charge in [-0.05, 0) is 18.4 Å². The Morgan fingerprint density at radius 1 is 1.36 bits per heavy atom. The molecule has 1 aliphatic rings. The monoisotopic (exact) mass is 356 g/mol. The van der Waals surface area contributed by atoms with Gasteiger partial charge in [0, 0.05) is 44.6 Å². The molecule has 25 heavy (non-hydrogen) atoms.